The molecule has 1 amide bonds. The van der Waals surface area contributed by atoms with Gasteiger partial charge in [0.05, 0.1) is 18.9 Å². The maximum atomic E-state index is 11.8. The molecule has 0 bridgehead atoms. The number of nitrogens with one attached hydrogen (secondary N) is 1. The summed E-state index contributed by atoms with van der Waals surface area (Å²) >= 11 is 0. The van der Waals surface area contributed by atoms with Gasteiger partial charge in [0.1, 0.15) is 0 Å². The molecule has 0 aromatic heterocycles. The summed E-state index contributed by atoms with van der Waals surface area (Å²) < 4.78 is 4.66. The Morgan fingerprint density at radius 3 is 1.83 bits per heavy atom. The van der Waals surface area contributed by atoms with Crippen LogP contribution in [-0.2, 0) is 9.53 Å². The molecule has 1 rings (SSSR count). The van der Waals surface area contributed by atoms with E-state index in [1.54, 1.807) is 30.5 Å². The third-order valence-corrected chi connectivity index (χ3v) is 5.24. The van der Waals surface area contributed by atoms with Crippen molar-refractivity contribution in [2.45, 2.75) is 96.8 Å². The number of ether oxygens (including phenoxy) is 1. The second-order valence-electron chi connectivity index (χ2n) is 7.90. The highest BCUT2D eigenvalue weighted by Crippen LogP contribution is 2.13. The molecule has 0 heterocycles. The number of amides is 1. The van der Waals surface area contributed by atoms with Gasteiger partial charge >= 0.3 is 5.97 Å². The van der Waals surface area contributed by atoms with Crippen molar-refractivity contribution in [2.24, 2.45) is 5.10 Å². The van der Waals surface area contributed by atoms with Crippen LogP contribution >= 0.6 is 0 Å². The smallest absolute Gasteiger partial charge is 0.337 e. The minimum absolute atomic E-state index is 0.0551. The number of methoxy groups -OCH3 is 1. The number of nitrogens with zero attached hydrogens (tertiary/aromatic N) is 1. The Bertz CT molecular complexity index is 611. The largest absolute Gasteiger partial charge is 0.465 e. The van der Waals surface area contributed by atoms with Crippen molar-refractivity contribution in [2.75, 3.05) is 7.11 Å². The first-order chi connectivity index (χ1) is 14.7. The summed E-state index contributed by atoms with van der Waals surface area (Å²) in [6.45, 7) is 2.26. The van der Waals surface area contributed by atoms with Crippen molar-refractivity contribution in [1.29, 1.82) is 0 Å². The van der Waals surface area contributed by atoms with E-state index in [1.807, 2.05) is 0 Å². The molecule has 0 radical (unpaired) electrons. The Balaban J connectivity index is 1.97. The fourth-order valence-electron chi connectivity index (χ4n) is 3.36. The maximum Gasteiger partial charge on any atom is 0.337 e. The van der Waals surface area contributed by atoms with Crippen LogP contribution in [0.2, 0.25) is 0 Å². The summed E-state index contributed by atoms with van der Waals surface area (Å²) in [5.74, 6) is -0.426. The number of rotatable bonds is 17. The van der Waals surface area contributed by atoms with Gasteiger partial charge in [-0.1, -0.05) is 96.1 Å². The van der Waals surface area contributed by atoms with Gasteiger partial charge in [-0.15, -0.1) is 0 Å². The van der Waals surface area contributed by atoms with E-state index >= 15 is 0 Å². The molecule has 0 saturated heterocycles. The number of benzene rings is 1. The van der Waals surface area contributed by atoms with Crippen LogP contribution in [0.15, 0.2) is 29.4 Å². The Morgan fingerprint density at radius 2 is 1.33 bits per heavy atom. The van der Waals surface area contributed by atoms with Gasteiger partial charge in [0.25, 0.3) is 0 Å². The molecule has 5 nitrogen and oxygen atoms in total. The summed E-state index contributed by atoms with van der Waals surface area (Å²) in [6.07, 6.45) is 18.9. The molecule has 1 N–H and O–H groups in total. The van der Waals surface area contributed by atoms with Crippen molar-refractivity contribution >= 4 is 18.1 Å². The third kappa shape index (κ3) is 13.1. The van der Waals surface area contributed by atoms with Crippen molar-refractivity contribution in [1.82, 2.24) is 5.43 Å². The van der Waals surface area contributed by atoms with Crippen LogP contribution in [0.3, 0.4) is 0 Å². The Kier molecular flexibility index (Phi) is 15.2. The summed E-state index contributed by atoms with van der Waals surface area (Å²) in [7, 11) is 1.35. The molecule has 168 valence electrons. The quantitative estimate of drug-likeness (QED) is 0.138. The van der Waals surface area contributed by atoms with E-state index in [4.69, 9.17) is 0 Å². The molecule has 0 atom stereocenters. The van der Waals surface area contributed by atoms with E-state index in [2.05, 4.69) is 22.2 Å². The van der Waals surface area contributed by atoms with Crippen LogP contribution in [0.4, 0.5) is 0 Å². The SMILES string of the molecule is CCCCCCCCCCCCCCCC(=O)N/N=C\c1ccc(C(=O)OC)cc1. The number of hydrazone groups is 1. The minimum atomic E-state index is -0.371. The Labute approximate surface area is 182 Å². The first-order valence-electron chi connectivity index (χ1n) is 11.7. The number of hydrogen-bond acceptors (Lipinski definition) is 4. The summed E-state index contributed by atoms with van der Waals surface area (Å²) in [5.41, 5.74) is 3.86. The topological polar surface area (TPSA) is 67.8 Å². The first-order valence-corrected chi connectivity index (χ1v) is 11.7. The molecule has 30 heavy (non-hydrogen) atoms. The van der Waals surface area contributed by atoms with Gasteiger partial charge in [0.2, 0.25) is 5.91 Å². The zero-order chi connectivity index (χ0) is 21.9. The highest BCUT2D eigenvalue weighted by atomic mass is 16.5. The van der Waals surface area contributed by atoms with Crippen molar-refractivity contribution in [3.05, 3.63) is 35.4 Å². The fraction of sp³-hybridized carbons (Fsp3) is 0.640. The standard InChI is InChI=1S/C25H40N2O3/c1-3-4-5-6-7-8-9-10-11-12-13-14-15-16-24(28)27-26-21-22-17-19-23(20-18-22)25(29)30-2/h17-21H,3-16H2,1-2H3,(H,27,28)/b26-21-. The predicted molar refractivity (Wildman–Crippen MR) is 124 cm³/mol. The number of carbonyl (C=O) groups is 2. The number of unbranched alkanes of at least 4 members (excludes halogenated alkanes) is 12. The maximum absolute atomic E-state index is 11.8. The molecule has 0 aliphatic carbocycles. The summed E-state index contributed by atoms with van der Waals surface area (Å²) in [4.78, 5) is 23.2. The fourth-order valence-corrected chi connectivity index (χ4v) is 3.36. The lowest BCUT2D eigenvalue weighted by atomic mass is 10.0. The zero-order valence-corrected chi connectivity index (χ0v) is 19.0. The summed E-state index contributed by atoms with van der Waals surface area (Å²) in [5, 5.41) is 3.98. The van der Waals surface area contributed by atoms with Crippen molar-refractivity contribution in [3.63, 3.8) is 0 Å². The van der Waals surface area contributed by atoms with E-state index in [9.17, 15) is 9.59 Å². The van der Waals surface area contributed by atoms with E-state index < -0.39 is 0 Å². The van der Waals surface area contributed by atoms with Gasteiger partial charge in [-0.3, -0.25) is 4.79 Å². The second kappa shape index (κ2) is 17.7. The Morgan fingerprint density at radius 1 is 0.833 bits per heavy atom. The van der Waals surface area contributed by atoms with Crippen molar-refractivity contribution < 1.29 is 14.3 Å². The van der Waals surface area contributed by atoms with Crippen LogP contribution in [0.25, 0.3) is 0 Å². The number of carbonyl (C=O) groups excluding carboxylic acids is 2. The van der Waals surface area contributed by atoms with Crippen LogP contribution in [0.5, 0.6) is 0 Å². The molecule has 1 aromatic rings. The molecule has 5 heteroatoms. The molecule has 1 aromatic carbocycles. The normalized spacial score (nSPS) is 11.0. The first kappa shape index (κ1) is 25.9. The van der Waals surface area contributed by atoms with E-state index in [1.165, 1.54) is 77.7 Å². The van der Waals surface area contributed by atoms with Crippen LogP contribution < -0.4 is 5.43 Å². The van der Waals surface area contributed by atoms with Gasteiger partial charge in [0.15, 0.2) is 0 Å². The molecular weight excluding hydrogens is 376 g/mol. The zero-order valence-electron chi connectivity index (χ0n) is 19.0. The van der Waals surface area contributed by atoms with Crippen LogP contribution in [0.1, 0.15) is 113 Å². The van der Waals surface area contributed by atoms with E-state index in [-0.39, 0.29) is 11.9 Å². The molecule has 0 saturated carbocycles. The lowest BCUT2D eigenvalue weighted by Gasteiger charge is -2.03. The minimum Gasteiger partial charge on any atom is -0.465 e. The average molecular weight is 417 g/mol. The molecule has 0 aliphatic heterocycles. The lowest BCUT2D eigenvalue weighted by molar-refractivity contribution is -0.121. The van der Waals surface area contributed by atoms with Crippen LogP contribution in [-0.4, -0.2) is 25.2 Å². The van der Waals surface area contributed by atoms with Crippen LogP contribution in [0, 0.1) is 0 Å². The number of esters is 1. The molecule has 0 fully saturated rings. The van der Waals surface area contributed by atoms with E-state index in [0.29, 0.717) is 12.0 Å². The third-order valence-electron chi connectivity index (χ3n) is 5.24. The highest BCUT2D eigenvalue weighted by molar-refractivity contribution is 5.90. The van der Waals surface area contributed by atoms with Gasteiger partial charge in [-0.05, 0) is 24.1 Å². The molecule has 0 unspecified atom stereocenters. The number of hydrogen-bond donors (Lipinski definition) is 1. The van der Waals surface area contributed by atoms with Crippen molar-refractivity contribution in [3.8, 4) is 0 Å². The van der Waals surface area contributed by atoms with Gasteiger partial charge < -0.3 is 4.74 Å². The summed E-state index contributed by atoms with van der Waals surface area (Å²) in [6, 6.07) is 6.86. The van der Waals surface area contributed by atoms with Gasteiger partial charge in [-0.2, -0.15) is 5.10 Å². The van der Waals surface area contributed by atoms with Gasteiger partial charge in [0, 0.05) is 6.42 Å². The molecule has 0 aliphatic rings. The van der Waals surface area contributed by atoms with Gasteiger partial charge in [-0.25, -0.2) is 10.2 Å². The molecular formula is C25H40N2O3. The second-order valence-corrected chi connectivity index (χ2v) is 7.90. The molecule has 0 spiro atoms. The highest BCUT2D eigenvalue weighted by Gasteiger charge is 2.03. The predicted octanol–water partition coefficient (Wildman–Crippen LogP) is 6.40. The Hall–Kier alpha value is -2.17. The average Bonchev–Trinajstić information content (AvgIpc) is 2.77. The van der Waals surface area contributed by atoms with E-state index in [0.717, 1.165) is 18.4 Å². The lowest BCUT2D eigenvalue weighted by Crippen LogP contribution is -2.16. The monoisotopic (exact) mass is 416 g/mol.